The molecule has 0 spiro atoms. The molecule has 23 heavy (non-hydrogen) atoms. The number of halogens is 3. The number of carbonyl (C=O) groups excluding carboxylic acids is 1. The molecule has 0 atom stereocenters. The van der Waals surface area contributed by atoms with Gasteiger partial charge in [-0.15, -0.1) is 0 Å². The highest BCUT2D eigenvalue weighted by Gasteiger charge is 2.17. The molecule has 120 valence electrons. The number of hydrogen-bond acceptors (Lipinski definition) is 4. The number of allylic oxidation sites excluding steroid dienone is 1. The first-order valence-electron chi connectivity index (χ1n) is 6.42. The monoisotopic (exact) mass is 399 g/mol. The molecule has 2 aromatic rings. The van der Waals surface area contributed by atoms with Gasteiger partial charge in [-0.3, -0.25) is 4.79 Å². The molecule has 0 unspecified atom stereocenters. The maximum Gasteiger partial charge on any atom is 0.288 e. The average Bonchev–Trinajstić information content (AvgIpc) is 2.86. The van der Waals surface area contributed by atoms with Crippen LogP contribution in [0.25, 0.3) is 10.9 Å². The third-order valence-electron chi connectivity index (χ3n) is 2.89. The molecule has 4 nitrogen and oxygen atoms in total. The molecule has 0 amide bonds. The zero-order valence-corrected chi connectivity index (χ0v) is 14.6. The third kappa shape index (κ3) is 4.12. The summed E-state index contributed by atoms with van der Waals surface area (Å²) in [5, 5.41) is 9.72. The number of nitrogens with one attached hydrogen (secondary N) is 1. The Morgan fingerprint density at radius 1 is 1.43 bits per heavy atom. The van der Waals surface area contributed by atoms with E-state index in [2.05, 4.69) is 20.9 Å². The quantitative estimate of drug-likeness (QED) is 0.350. The number of fused-ring (bicyclic) bond motifs is 1. The van der Waals surface area contributed by atoms with Gasteiger partial charge in [-0.25, -0.2) is 0 Å². The fourth-order valence-corrected chi connectivity index (χ4v) is 3.17. The summed E-state index contributed by atoms with van der Waals surface area (Å²) < 4.78 is 25.6. The highest BCUT2D eigenvalue weighted by Crippen LogP contribution is 2.35. The van der Waals surface area contributed by atoms with Gasteiger partial charge in [0.15, 0.2) is 0 Å². The summed E-state index contributed by atoms with van der Waals surface area (Å²) in [5.74, 6) is -2.98. The van der Waals surface area contributed by atoms with E-state index in [1.807, 2.05) is 6.07 Å². The molecule has 1 heterocycles. The Bertz CT molecular complexity index is 824. The highest BCUT2D eigenvalue weighted by molar-refractivity contribution is 9.10. The maximum absolute atomic E-state index is 12.5. The van der Waals surface area contributed by atoms with Gasteiger partial charge in [0.05, 0.1) is 5.69 Å². The molecule has 0 radical (unpaired) electrons. The van der Waals surface area contributed by atoms with Gasteiger partial charge in [0, 0.05) is 40.6 Å². The molecule has 0 fully saturated rings. The number of thioether (sulfide) groups is 1. The van der Waals surface area contributed by atoms with Crippen molar-refractivity contribution in [2.45, 2.75) is 10.7 Å². The first-order chi connectivity index (χ1) is 10.8. The molecule has 0 aliphatic heterocycles. The number of rotatable bonds is 5. The van der Waals surface area contributed by atoms with E-state index in [4.69, 9.17) is 5.26 Å². The van der Waals surface area contributed by atoms with E-state index >= 15 is 0 Å². The van der Waals surface area contributed by atoms with Crippen molar-refractivity contribution < 1.29 is 13.6 Å². The van der Waals surface area contributed by atoms with Crippen molar-refractivity contribution in [2.75, 3.05) is 14.1 Å². The molecule has 0 aliphatic carbocycles. The number of carbonyl (C=O) groups is 1. The van der Waals surface area contributed by atoms with Gasteiger partial charge in [0.25, 0.3) is 5.76 Å². The van der Waals surface area contributed by atoms with Crippen molar-refractivity contribution >= 4 is 44.4 Å². The highest BCUT2D eigenvalue weighted by atomic mass is 79.9. The minimum atomic E-state index is -2.53. The predicted molar refractivity (Wildman–Crippen MR) is 89.6 cm³/mol. The van der Waals surface area contributed by atoms with E-state index < -0.39 is 11.5 Å². The number of aromatic nitrogens is 1. The van der Waals surface area contributed by atoms with Gasteiger partial charge in [-0.2, -0.15) is 14.0 Å². The van der Waals surface area contributed by atoms with Crippen molar-refractivity contribution in [3.05, 3.63) is 40.1 Å². The van der Waals surface area contributed by atoms with Crippen molar-refractivity contribution in [1.29, 1.82) is 5.26 Å². The number of nitriles is 1. The van der Waals surface area contributed by atoms with Crippen LogP contribution in [0, 0.1) is 11.3 Å². The molecule has 8 heteroatoms. The van der Waals surface area contributed by atoms with Gasteiger partial charge in [-0.05, 0) is 34.1 Å². The molecular formula is C15H12BrF2N3OS. The normalized spacial score (nSPS) is 11.8. The second-order valence-electron chi connectivity index (χ2n) is 4.88. The van der Waals surface area contributed by atoms with Gasteiger partial charge in [-0.1, -0.05) is 11.8 Å². The molecule has 0 aliphatic rings. The van der Waals surface area contributed by atoms with Crippen LogP contribution < -0.4 is 0 Å². The average molecular weight is 400 g/mol. The van der Waals surface area contributed by atoms with Crippen LogP contribution in [0.1, 0.15) is 10.5 Å². The molecule has 0 saturated heterocycles. The molecule has 0 saturated carbocycles. The number of aromatic amines is 1. The molecule has 2 rings (SSSR count). The molecule has 1 aromatic heterocycles. The molecule has 1 aromatic carbocycles. The Balaban J connectivity index is 2.44. The fourth-order valence-electron chi connectivity index (χ4n) is 1.98. The standard InChI is InChI=1S/C15H12BrF2N3OS/c1-21(2)7-9(6-19)14(22)12-3-8-4-13(23-15(17)18)10(16)5-11(8)20-12/h3-5,7,15,20H,1-2H3/b9-7+. The third-order valence-corrected chi connectivity index (χ3v) is 4.57. The second-order valence-corrected chi connectivity index (χ2v) is 6.76. The smallest absolute Gasteiger partial charge is 0.288 e. The van der Waals surface area contributed by atoms with Crippen LogP contribution in [-0.4, -0.2) is 35.5 Å². The minimum Gasteiger partial charge on any atom is -0.382 e. The summed E-state index contributed by atoms with van der Waals surface area (Å²) in [4.78, 5) is 17.2. The maximum atomic E-state index is 12.5. The largest absolute Gasteiger partial charge is 0.382 e. The second kappa shape index (κ2) is 7.15. The van der Waals surface area contributed by atoms with E-state index in [9.17, 15) is 13.6 Å². The van der Waals surface area contributed by atoms with Crippen LogP contribution in [0.5, 0.6) is 0 Å². The van der Waals surface area contributed by atoms with Gasteiger partial charge >= 0.3 is 0 Å². The van der Waals surface area contributed by atoms with E-state index in [1.165, 1.54) is 6.20 Å². The van der Waals surface area contributed by atoms with Crippen LogP contribution in [-0.2, 0) is 0 Å². The van der Waals surface area contributed by atoms with Crippen molar-refractivity contribution in [1.82, 2.24) is 9.88 Å². The number of H-pyrrole nitrogens is 1. The Kier molecular flexibility index (Phi) is 5.44. The van der Waals surface area contributed by atoms with Crippen LogP contribution >= 0.6 is 27.7 Å². The first-order valence-corrected chi connectivity index (χ1v) is 8.09. The lowest BCUT2D eigenvalue weighted by Gasteiger charge is -2.04. The predicted octanol–water partition coefficient (Wildman–Crippen LogP) is 4.40. The number of Topliss-reactive ketones (excluding diaryl/α,β-unsaturated/α-hetero) is 1. The van der Waals surface area contributed by atoms with Crippen molar-refractivity contribution in [2.24, 2.45) is 0 Å². The van der Waals surface area contributed by atoms with Crippen LogP contribution in [0.4, 0.5) is 8.78 Å². The van der Waals surface area contributed by atoms with Gasteiger partial charge in [0.2, 0.25) is 5.78 Å². The van der Waals surface area contributed by atoms with E-state index in [0.29, 0.717) is 32.0 Å². The molecule has 1 N–H and O–H groups in total. The van der Waals surface area contributed by atoms with E-state index in [-0.39, 0.29) is 11.3 Å². The van der Waals surface area contributed by atoms with Crippen LogP contribution in [0.15, 0.2) is 39.3 Å². The zero-order chi connectivity index (χ0) is 17.1. The zero-order valence-electron chi connectivity index (χ0n) is 12.2. The summed E-state index contributed by atoms with van der Waals surface area (Å²) in [7, 11) is 3.42. The minimum absolute atomic E-state index is 0.0113. The number of alkyl halides is 2. The number of benzene rings is 1. The Labute approximate surface area is 144 Å². The summed E-state index contributed by atoms with van der Waals surface area (Å²) in [6.45, 7) is 0. The first kappa shape index (κ1) is 17.5. The van der Waals surface area contributed by atoms with Crippen LogP contribution in [0.2, 0.25) is 0 Å². The van der Waals surface area contributed by atoms with E-state index in [1.54, 1.807) is 37.2 Å². The number of nitrogens with zero attached hydrogens (tertiary/aromatic N) is 2. The SMILES string of the molecule is CN(C)/C=C(\C#N)C(=O)c1cc2cc(SC(F)F)c(Br)cc2[nH]1. The lowest BCUT2D eigenvalue weighted by molar-refractivity contribution is 0.103. The molecular weight excluding hydrogens is 388 g/mol. The summed E-state index contributed by atoms with van der Waals surface area (Å²) >= 11 is 3.67. The topological polar surface area (TPSA) is 59.9 Å². The lowest BCUT2D eigenvalue weighted by Crippen LogP contribution is -2.09. The lowest BCUT2D eigenvalue weighted by atomic mass is 10.1. The summed E-state index contributed by atoms with van der Waals surface area (Å²) in [6, 6.07) is 6.63. The number of ketones is 1. The van der Waals surface area contributed by atoms with Crippen LogP contribution in [0.3, 0.4) is 0 Å². The number of hydrogen-bond donors (Lipinski definition) is 1. The Morgan fingerprint density at radius 2 is 2.13 bits per heavy atom. The fraction of sp³-hybridized carbons (Fsp3) is 0.200. The summed E-state index contributed by atoms with van der Waals surface area (Å²) in [6.07, 6.45) is 1.43. The van der Waals surface area contributed by atoms with Gasteiger partial charge in [0.1, 0.15) is 11.6 Å². The molecule has 0 bridgehead atoms. The van der Waals surface area contributed by atoms with Crippen molar-refractivity contribution in [3.8, 4) is 6.07 Å². The van der Waals surface area contributed by atoms with Gasteiger partial charge < -0.3 is 9.88 Å². The Morgan fingerprint density at radius 3 is 2.70 bits per heavy atom. The summed E-state index contributed by atoms with van der Waals surface area (Å²) in [5.41, 5.74) is 0.851. The Hall–Kier alpha value is -1.85. The van der Waals surface area contributed by atoms with Crippen molar-refractivity contribution in [3.63, 3.8) is 0 Å². The van der Waals surface area contributed by atoms with E-state index in [0.717, 1.165) is 0 Å².